The van der Waals surface area contributed by atoms with E-state index in [4.69, 9.17) is 4.74 Å². The van der Waals surface area contributed by atoms with E-state index in [0.29, 0.717) is 18.3 Å². The number of carbonyl (C=O) groups is 1. The van der Waals surface area contributed by atoms with Crippen LogP contribution in [0.2, 0.25) is 0 Å². The third-order valence-corrected chi connectivity index (χ3v) is 3.21. The van der Waals surface area contributed by atoms with Crippen molar-refractivity contribution in [2.75, 3.05) is 20.1 Å². The van der Waals surface area contributed by atoms with E-state index in [1.54, 1.807) is 19.2 Å². The smallest absolute Gasteiger partial charge is 0.239 e. The first-order chi connectivity index (χ1) is 11.7. The SMILES string of the molecule is CCC(CNC(=NC)NCC(=O)NC(C)(C)C)Oc1cccc(F)c1.I. The number of nitrogens with one attached hydrogen (secondary N) is 3. The van der Waals surface area contributed by atoms with E-state index in [-0.39, 0.29) is 53.9 Å². The number of rotatable bonds is 7. The molecule has 0 aliphatic heterocycles. The van der Waals surface area contributed by atoms with Gasteiger partial charge in [-0.2, -0.15) is 0 Å². The molecule has 6 nitrogen and oxygen atoms in total. The lowest BCUT2D eigenvalue weighted by Gasteiger charge is -2.22. The Kier molecular flexibility index (Phi) is 11.2. The van der Waals surface area contributed by atoms with Crippen molar-refractivity contribution < 1.29 is 13.9 Å². The topological polar surface area (TPSA) is 74.8 Å². The summed E-state index contributed by atoms with van der Waals surface area (Å²) in [7, 11) is 1.63. The minimum atomic E-state index is -0.331. The fourth-order valence-electron chi connectivity index (χ4n) is 2.06. The molecule has 0 fully saturated rings. The number of ether oxygens (including phenoxy) is 1. The van der Waals surface area contributed by atoms with Crippen molar-refractivity contribution in [2.45, 2.75) is 45.8 Å². The fourth-order valence-corrected chi connectivity index (χ4v) is 2.06. The molecule has 1 rings (SSSR count). The molecule has 0 heterocycles. The normalized spacial score (nSPS) is 12.6. The van der Waals surface area contributed by atoms with Crippen molar-refractivity contribution in [1.29, 1.82) is 0 Å². The van der Waals surface area contributed by atoms with Gasteiger partial charge in [-0.15, -0.1) is 24.0 Å². The second-order valence-corrected chi connectivity index (χ2v) is 6.71. The van der Waals surface area contributed by atoms with Crippen LogP contribution in [-0.4, -0.2) is 43.6 Å². The number of hydrogen-bond acceptors (Lipinski definition) is 3. The third kappa shape index (κ3) is 10.4. The van der Waals surface area contributed by atoms with E-state index < -0.39 is 0 Å². The maximum absolute atomic E-state index is 13.2. The van der Waals surface area contributed by atoms with Crippen LogP contribution in [-0.2, 0) is 4.79 Å². The summed E-state index contributed by atoms with van der Waals surface area (Å²) in [4.78, 5) is 15.9. The first-order valence-corrected chi connectivity index (χ1v) is 8.41. The second kappa shape index (κ2) is 11.9. The Morgan fingerprint density at radius 2 is 2.00 bits per heavy atom. The van der Waals surface area contributed by atoms with Gasteiger partial charge in [-0.25, -0.2) is 4.39 Å². The van der Waals surface area contributed by atoms with Gasteiger partial charge in [-0.1, -0.05) is 13.0 Å². The lowest BCUT2D eigenvalue weighted by atomic mass is 10.1. The molecule has 1 unspecified atom stereocenters. The van der Waals surface area contributed by atoms with Crippen LogP contribution in [0.3, 0.4) is 0 Å². The fraction of sp³-hybridized carbons (Fsp3) is 0.556. The summed E-state index contributed by atoms with van der Waals surface area (Å²) in [6.45, 7) is 8.36. The predicted molar refractivity (Wildman–Crippen MR) is 114 cm³/mol. The van der Waals surface area contributed by atoms with E-state index >= 15 is 0 Å². The maximum atomic E-state index is 13.2. The Morgan fingerprint density at radius 1 is 1.31 bits per heavy atom. The molecular formula is C18H30FIN4O2. The summed E-state index contributed by atoms with van der Waals surface area (Å²) in [6.07, 6.45) is 0.592. The van der Waals surface area contributed by atoms with Gasteiger partial charge in [0.25, 0.3) is 0 Å². The Morgan fingerprint density at radius 3 is 2.54 bits per heavy atom. The van der Waals surface area contributed by atoms with Crippen LogP contribution < -0.4 is 20.7 Å². The Labute approximate surface area is 172 Å². The van der Waals surface area contributed by atoms with Gasteiger partial charge in [0, 0.05) is 18.7 Å². The van der Waals surface area contributed by atoms with Gasteiger partial charge in [0.05, 0.1) is 13.1 Å². The third-order valence-electron chi connectivity index (χ3n) is 3.21. The second-order valence-electron chi connectivity index (χ2n) is 6.71. The van der Waals surface area contributed by atoms with Gasteiger partial charge in [-0.3, -0.25) is 9.79 Å². The lowest BCUT2D eigenvalue weighted by molar-refractivity contribution is -0.121. The predicted octanol–water partition coefficient (Wildman–Crippen LogP) is 2.68. The van der Waals surface area contributed by atoms with Crippen LogP contribution in [0.1, 0.15) is 34.1 Å². The van der Waals surface area contributed by atoms with Crippen LogP contribution in [0.5, 0.6) is 5.75 Å². The average molecular weight is 480 g/mol. The minimum Gasteiger partial charge on any atom is -0.489 e. The summed E-state index contributed by atoms with van der Waals surface area (Å²) >= 11 is 0. The van der Waals surface area contributed by atoms with Crippen LogP contribution in [0, 0.1) is 5.82 Å². The highest BCUT2D eigenvalue weighted by Gasteiger charge is 2.14. The lowest BCUT2D eigenvalue weighted by Crippen LogP contribution is -2.49. The van der Waals surface area contributed by atoms with Crippen molar-refractivity contribution in [3.63, 3.8) is 0 Å². The molecule has 0 aliphatic rings. The highest BCUT2D eigenvalue weighted by Crippen LogP contribution is 2.14. The van der Waals surface area contributed by atoms with Gasteiger partial charge < -0.3 is 20.7 Å². The van der Waals surface area contributed by atoms with E-state index in [2.05, 4.69) is 20.9 Å². The van der Waals surface area contributed by atoms with E-state index in [1.807, 2.05) is 27.7 Å². The number of amides is 1. The van der Waals surface area contributed by atoms with Gasteiger partial charge in [0.15, 0.2) is 5.96 Å². The number of aliphatic imine (C=N–C) groups is 1. The molecule has 0 saturated heterocycles. The molecule has 3 N–H and O–H groups in total. The monoisotopic (exact) mass is 480 g/mol. The standard InChI is InChI=1S/C18H29FN4O2.HI/c1-6-14(25-15-9-7-8-13(19)10-15)11-21-17(20-5)22-12-16(24)23-18(2,3)4;/h7-10,14H,6,11-12H2,1-5H3,(H,23,24)(H2,20,21,22);1H. The molecule has 1 aromatic carbocycles. The van der Waals surface area contributed by atoms with Crippen LogP contribution in [0.15, 0.2) is 29.3 Å². The molecule has 1 amide bonds. The van der Waals surface area contributed by atoms with E-state index in [0.717, 1.165) is 6.42 Å². The Hall–Kier alpha value is -1.58. The summed E-state index contributed by atoms with van der Waals surface area (Å²) in [5.41, 5.74) is -0.276. The zero-order valence-corrected chi connectivity index (χ0v) is 18.4. The van der Waals surface area contributed by atoms with Gasteiger partial charge >= 0.3 is 0 Å². The van der Waals surface area contributed by atoms with Gasteiger partial charge in [0.1, 0.15) is 17.7 Å². The molecule has 0 aromatic heterocycles. The quantitative estimate of drug-likeness (QED) is 0.319. The first kappa shape index (κ1) is 24.4. The maximum Gasteiger partial charge on any atom is 0.239 e. The molecular weight excluding hydrogens is 450 g/mol. The number of nitrogens with zero attached hydrogens (tertiary/aromatic N) is 1. The number of carbonyl (C=O) groups excluding carboxylic acids is 1. The molecule has 0 saturated carbocycles. The number of halogens is 2. The van der Waals surface area contributed by atoms with E-state index in [9.17, 15) is 9.18 Å². The largest absolute Gasteiger partial charge is 0.489 e. The van der Waals surface area contributed by atoms with Gasteiger partial charge in [0.2, 0.25) is 5.91 Å². The highest BCUT2D eigenvalue weighted by molar-refractivity contribution is 14.0. The summed E-state index contributed by atoms with van der Waals surface area (Å²) in [5, 5.41) is 8.94. The molecule has 26 heavy (non-hydrogen) atoms. The van der Waals surface area contributed by atoms with Crippen molar-refractivity contribution in [1.82, 2.24) is 16.0 Å². The van der Waals surface area contributed by atoms with Crippen molar-refractivity contribution in [3.05, 3.63) is 30.1 Å². The van der Waals surface area contributed by atoms with Crippen molar-refractivity contribution >= 4 is 35.8 Å². The molecule has 8 heteroatoms. The zero-order valence-electron chi connectivity index (χ0n) is 16.1. The van der Waals surface area contributed by atoms with E-state index in [1.165, 1.54) is 12.1 Å². The van der Waals surface area contributed by atoms with Gasteiger partial charge in [-0.05, 0) is 39.3 Å². The zero-order chi connectivity index (χ0) is 18.9. The number of guanidine groups is 1. The average Bonchev–Trinajstić information content (AvgIpc) is 2.52. The number of hydrogen-bond donors (Lipinski definition) is 3. The minimum absolute atomic E-state index is 0. The van der Waals surface area contributed by atoms with Crippen LogP contribution in [0.25, 0.3) is 0 Å². The summed E-state index contributed by atoms with van der Waals surface area (Å²) in [6, 6.07) is 6.06. The molecule has 148 valence electrons. The Balaban J connectivity index is 0.00000625. The molecule has 0 radical (unpaired) electrons. The van der Waals surface area contributed by atoms with Crippen LogP contribution in [0.4, 0.5) is 4.39 Å². The number of benzene rings is 1. The van der Waals surface area contributed by atoms with Crippen LogP contribution >= 0.6 is 24.0 Å². The molecule has 0 bridgehead atoms. The van der Waals surface area contributed by atoms with Crippen molar-refractivity contribution in [2.24, 2.45) is 4.99 Å². The summed E-state index contributed by atoms with van der Waals surface area (Å²) < 4.78 is 19.0. The molecule has 0 spiro atoms. The molecule has 1 atom stereocenters. The Bertz CT molecular complexity index is 591. The highest BCUT2D eigenvalue weighted by atomic mass is 127. The summed E-state index contributed by atoms with van der Waals surface area (Å²) in [5.74, 6) is 0.549. The molecule has 0 aliphatic carbocycles. The molecule has 1 aromatic rings. The first-order valence-electron chi connectivity index (χ1n) is 8.41. The van der Waals surface area contributed by atoms with Crippen molar-refractivity contribution in [3.8, 4) is 5.75 Å².